The van der Waals surface area contributed by atoms with E-state index in [0.29, 0.717) is 22.6 Å². The zero-order valence-corrected chi connectivity index (χ0v) is 16.2. The molecule has 0 bridgehead atoms. The second-order valence-electron chi connectivity index (χ2n) is 6.03. The number of rotatable bonds is 7. The molecule has 0 saturated carbocycles. The lowest BCUT2D eigenvalue weighted by Gasteiger charge is -2.14. The molecule has 1 amide bonds. The number of ether oxygens (including phenoxy) is 3. The highest BCUT2D eigenvalue weighted by Gasteiger charge is 2.19. The Kier molecular flexibility index (Phi) is 5.87. The van der Waals surface area contributed by atoms with Crippen LogP contribution in [0.2, 0.25) is 0 Å². The van der Waals surface area contributed by atoms with Crippen LogP contribution in [0.4, 0.5) is 5.69 Å². The smallest absolute Gasteiger partial charge is 0.419 e. The highest BCUT2D eigenvalue weighted by Crippen LogP contribution is 2.33. The number of nitrogens with zero attached hydrogens (tertiary/aromatic N) is 1. The third-order valence-electron chi connectivity index (χ3n) is 4.34. The second kappa shape index (κ2) is 8.51. The van der Waals surface area contributed by atoms with Crippen molar-refractivity contribution in [1.29, 1.82) is 0 Å². The molecule has 3 rings (SSSR count). The molecule has 0 saturated heterocycles. The summed E-state index contributed by atoms with van der Waals surface area (Å²) in [6, 6.07) is 9.85. The van der Waals surface area contributed by atoms with Gasteiger partial charge in [0.25, 0.3) is 0 Å². The topological polar surface area (TPSA) is 109 Å². The van der Waals surface area contributed by atoms with Gasteiger partial charge in [0.15, 0.2) is 17.1 Å². The molecular weight excluding hydrogens is 380 g/mol. The van der Waals surface area contributed by atoms with Gasteiger partial charge in [-0.25, -0.2) is 9.59 Å². The van der Waals surface area contributed by atoms with Gasteiger partial charge in [-0.15, -0.1) is 0 Å². The van der Waals surface area contributed by atoms with Crippen LogP contribution >= 0.6 is 0 Å². The molecule has 0 unspecified atom stereocenters. The fourth-order valence-electron chi connectivity index (χ4n) is 2.91. The molecule has 1 aromatic heterocycles. The highest BCUT2D eigenvalue weighted by atomic mass is 16.5. The Morgan fingerprint density at radius 1 is 1.07 bits per heavy atom. The number of hydrogen-bond acceptors (Lipinski definition) is 7. The van der Waals surface area contributed by atoms with Crippen LogP contribution in [0.3, 0.4) is 0 Å². The molecule has 9 nitrogen and oxygen atoms in total. The number of amides is 1. The number of fused-ring (bicyclic) bond motifs is 1. The Bertz CT molecular complexity index is 1110. The molecule has 29 heavy (non-hydrogen) atoms. The van der Waals surface area contributed by atoms with Crippen molar-refractivity contribution >= 4 is 28.7 Å². The van der Waals surface area contributed by atoms with Gasteiger partial charge in [0.2, 0.25) is 5.91 Å². The van der Waals surface area contributed by atoms with Crippen LogP contribution in [0.5, 0.6) is 11.5 Å². The van der Waals surface area contributed by atoms with Crippen LogP contribution in [0.1, 0.15) is 16.8 Å². The lowest BCUT2D eigenvalue weighted by molar-refractivity contribution is -0.116. The van der Waals surface area contributed by atoms with E-state index in [0.717, 1.165) is 0 Å². The third-order valence-corrected chi connectivity index (χ3v) is 4.34. The minimum absolute atomic E-state index is 0.0155. The molecule has 3 aromatic rings. The number of carbonyl (C=O) groups is 2. The fourth-order valence-corrected chi connectivity index (χ4v) is 2.91. The van der Waals surface area contributed by atoms with Crippen molar-refractivity contribution in [2.45, 2.75) is 13.0 Å². The summed E-state index contributed by atoms with van der Waals surface area (Å²) in [7, 11) is 4.11. The maximum absolute atomic E-state index is 12.5. The molecule has 1 heterocycles. The first kappa shape index (κ1) is 20.0. The van der Waals surface area contributed by atoms with Gasteiger partial charge in [-0.3, -0.25) is 9.36 Å². The van der Waals surface area contributed by atoms with E-state index in [9.17, 15) is 14.4 Å². The van der Waals surface area contributed by atoms with Crippen molar-refractivity contribution < 1.29 is 28.2 Å². The minimum atomic E-state index is -0.640. The summed E-state index contributed by atoms with van der Waals surface area (Å²) in [5, 5.41) is 2.66. The number of carbonyl (C=O) groups excluding carboxylic acids is 2. The number of benzene rings is 2. The standard InChI is InChI=1S/C20H20N2O7/c1-26-16-10-12(19(24)28-3)13(11-17(16)27-2)21-18(23)8-9-22-14-6-4-5-7-15(14)29-20(22)25/h4-7,10-11H,8-9H2,1-3H3,(H,21,23). The number of para-hydroxylation sites is 2. The zero-order valence-electron chi connectivity index (χ0n) is 16.2. The Morgan fingerprint density at radius 3 is 2.45 bits per heavy atom. The Morgan fingerprint density at radius 2 is 1.76 bits per heavy atom. The number of oxazole rings is 1. The van der Waals surface area contributed by atoms with Crippen molar-refractivity contribution in [2.24, 2.45) is 0 Å². The first-order chi connectivity index (χ1) is 14.0. The summed E-state index contributed by atoms with van der Waals surface area (Å²) in [5.41, 5.74) is 1.38. The summed E-state index contributed by atoms with van der Waals surface area (Å²) in [5.74, 6) is -0.923. The van der Waals surface area contributed by atoms with Gasteiger partial charge in [-0.1, -0.05) is 12.1 Å². The first-order valence-corrected chi connectivity index (χ1v) is 8.71. The van der Waals surface area contributed by atoms with E-state index in [1.54, 1.807) is 24.3 Å². The molecule has 0 fully saturated rings. The summed E-state index contributed by atoms with van der Waals surface area (Å²) in [6.07, 6.45) is -0.0155. The van der Waals surface area contributed by atoms with Gasteiger partial charge in [0, 0.05) is 25.1 Å². The summed E-state index contributed by atoms with van der Waals surface area (Å²) < 4.78 is 21.7. The van der Waals surface area contributed by atoms with Gasteiger partial charge in [-0.2, -0.15) is 0 Å². The van der Waals surface area contributed by atoms with Crippen LogP contribution in [-0.4, -0.2) is 37.8 Å². The zero-order chi connectivity index (χ0) is 21.0. The van der Waals surface area contributed by atoms with E-state index < -0.39 is 17.6 Å². The minimum Gasteiger partial charge on any atom is -0.493 e. The van der Waals surface area contributed by atoms with Gasteiger partial charge >= 0.3 is 11.7 Å². The second-order valence-corrected chi connectivity index (χ2v) is 6.03. The first-order valence-electron chi connectivity index (χ1n) is 8.71. The fraction of sp³-hybridized carbons (Fsp3) is 0.250. The van der Waals surface area contributed by atoms with Gasteiger partial charge in [0.1, 0.15) is 0 Å². The number of hydrogen-bond donors (Lipinski definition) is 1. The molecular formula is C20H20N2O7. The maximum Gasteiger partial charge on any atom is 0.419 e. The number of nitrogens with one attached hydrogen (secondary N) is 1. The molecule has 0 atom stereocenters. The van der Waals surface area contributed by atoms with E-state index in [2.05, 4.69) is 5.32 Å². The molecule has 0 aliphatic rings. The van der Waals surface area contributed by atoms with Crippen molar-refractivity contribution in [3.05, 3.63) is 52.5 Å². The Hall–Kier alpha value is -3.75. The molecule has 9 heteroatoms. The Labute approximate surface area is 165 Å². The number of aromatic nitrogens is 1. The Balaban J connectivity index is 1.81. The maximum atomic E-state index is 12.5. The average molecular weight is 400 g/mol. The van der Waals surface area contributed by atoms with E-state index in [4.69, 9.17) is 18.6 Å². The molecule has 0 aliphatic carbocycles. The van der Waals surface area contributed by atoms with E-state index in [1.165, 1.54) is 38.0 Å². The summed E-state index contributed by atoms with van der Waals surface area (Å²) in [6.45, 7) is 0.114. The summed E-state index contributed by atoms with van der Waals surface area (Å²) >= 11 is 0. The molecule has 0 spiro atoms. The number of aryl methyl sites for hydroxylation is 1. The molecule has 152 valence electrons. The molecule has 0 aliphatic heterocycles. The lowest BCUT2D eigenvalue weighted by atomic mass is 10.1. The van der Waals surface area contributed by atoms with Gasteiger partial charge < -0.3 is 23.9 Å². The van der Waals surface area contributed by atoms with E-state index in [-0.39, 0.29) is 24.2 Å². The number of methoxy groups -OCH3 is 3. The average Bonchev–Trinajstić information content (AvgIpc) is 3.06. The van der Waals surface area contributed by atoms with Crippen LogP contribution in [0, 0.1) is 0 Å². The lowest BCUT2D eigenvalue weighted by Crippen LogP contribution is -2.21. The quantitative estimate of drug-likeness (QED) is 0.607. The van der Waals surface area contributed by atoms with Gasteiger partial charge in [-0.05, 0) is 12.1 Å². The predicted molar refractivity (Wildman–Crippen MR) is 105 cm³/mol. The van der Waals surface area contributed by atoms with Crippen LogP contribution in [-0.2, 0) is 16.1 Å². The van der Waals surface area contributed by atoms with E-state index in [1.807, 2.05) is 0 Å². The number of anilines is 1. The monoisotopic (exact) mass is 400 g/mol. The summed E-state index contributed by atoms with van der Waals surface area (Å²) in [4.78, 5) is 36.6. The highest BCUT2D eigenvalue weighted by molar-refractivity contribution is 6.02. The van der Waals surface area contributed by atoms with Crippen molar-refractivity contribution in [2.75, 3.05) is 26.6 Å². The third kappa shape index (κ3) is 4.08. The molecule has 2 aromatic carbocycles. The van der Waals surface area contributed by atoms with Crippen molar-refractivity contribution in [1.82, 2.24) is 4.57 Å². The SMILES string of the molecule is COC(=O)c1cc(OC)c(OC)cc1NC(=O)CCn1c(=O)oc2ccccc21. The van der Waals surface area contributed by atoms with Gasteiger partial charge in [0.05, 0.1) is 38.1 Å². The molecule has 0 radical (unpaired) electrons. The van der Waals surface area contributed by atoms with Crippen molar-refractivity contribution in [3.63, 3.8) is 0 Å². The molecule has 1 N–H and O–H groups in total. The number of esters is 1. The van der Waals surface area contributed by atoms with Crippen LogP contribution in [0.25, 0.3) is 11.1 Å². The van der Waals surface area contributed by atoms with Crippen LogP contribution < -0.4 is 20.5 Å². The normalized spacial score (nSPS) is 10.6. The van der Waals surface area contributed by atoms with E-state index >= 15 is 0 Å². The van der Waals surface area contributed by atoms with Crippen LogP contribution in [0.15, 0.2) is 45.6 Å². The largest absolute Gasteiger partial charge is 0.493 e. The predicted octanol–water partition coefficient (Wildman–Crippen LogP) is 2.43. The van der Waals surface area contributed by atoms with Crippen molar-refractivity contribution in [3.8, 4) is 11.5 Å².